The molecular formula is C15H20N4O2S. The largest absolute Gasteiger partial charge is 0.360 e. The Hall–Kier alpha value is -1.50. The van der Waals surface area contributed by atoms with Gasteiger partial charge in [0.1, 0.15) is 5.76 Å². The zero-order chi connectivity index (χ0) is 15.1. The van der Waals surface area contributed by atoms with Gasteiger partial charge in [-0.15, -0.1) is 0 Å². The monoisotopic (exact) mass is 320 g/mol. The van der Waals surface area contributed by atoms with Crippen molar-refractivity contribution in [3.63, 3.8) is 0 Å². The van der Waals surface area contributed by atoms with Crippen molar-refractivity contribution in [2.24, 2.45) is 4.99 Å². The highest BCUT2D eigenvalue weighted by Crippen LogP contribution is 2.40. The summed E-state index contributed by atoms with van der Waals surface area (Å²) < 4.78 is 5.28. The predicted molar refractivity (Wildman–Crippen MR) is 85.3 cm³/mol. The lowest BCUT2D eigenvalue weighted by Crippen LogP contribution is -2.50. The Balaban J connectivity index is 1.35. The second-order valence-corrected chi connectivity index (χ2v) is 7.63. The number of thioether (sulfide) groups is 1. The van der Waals surface area contributed by atoms with E-state index in [1.807, 2.05) is 22.7 Å². The van der Waals surface area contributed by atoms with Gasteiger partial charge in [0, 0.05) is 43.4 Å². The van der Waals surface area contributed by atoms with Gasteiger partial charge in [-0.2, -0.15) is 0 Å². The van der Waals surface area contributed by atoms with E-state index in [0.717, 1.165) is 56.5 Å². The maximum atomic E-state index is 12.5. The molecule has 1 saturated carbocycles. The summed E-state index contributed by atoms with van der Waals surface area (Å²) in [6.07, 6.45) is 2.30. The number of piperazine rings is 1. The van der Waals surface area contributed by atoms with Crippen LogP contribution in [0.3, 0.4) is 0 Å². The van der Waals surface area contributed by atoms with Crippen LogP contribution >= 0.6 is 11.8 Å². The van der Waals surface area contributed by atoms with E-state index >= 15 is 0 Å². The van der Waals surface area contributed by atoms with Crippen molar-refractivity contribution in [3.05, 3.63) is 17.5 Å². The number of nitrogens with zero attached hydrogens (tertiary/aromatic N) is 4. The van der Waals surface area contributed by atoms with Crippen LogP contribution in [0.2, 0.25) is 0 Å². The molecule has 1 saturated heterocycles. The molecule has 3 aliphatic rings. The zero-order valence-corrected chi connectivity index (χ0v) is 13.5. The highest BCUT2D eigenvalue weighted by atomic mass is 32.2. The van der Waals surface area contributed by atoms with Crippen LogP contribution in [0.25, 0.3) is 0 Å². The Labute approximate surface area is 133 Å². The lowest BCUT2D eigenvalue weighted by molar-refractivity contribution is 0.0683. The van der Waals surface area contributed by atoms with Crippen molar-refractivity contribution >= 4 is 22.8 Å². The average Bonchev–Trinajstić information content (AvgIpc) is 3.11. The summed E-state index contributed by atoms with van der Waals surface area (Å²) in [6, 6.07) is 1.82. The van der Waals surface area contributed by atoms with E-state index in [2.05, 4.69) is 22.0 Å². The maximum absolute atomic E-state index is 12.5. The van der Waals surface area contributed by atoms with Crippen molar-refractivity contribution in [1.29, 1.82) is 0 Å². The molecule has 118 valence electrons. The quantitative estimate of drug-likeness (QED) is 0.831. The molecule has 7 heteroatoms. The van der Waals surface area contributed by atoms with Crippen molar-refractivity contribution < 1.29 is 9.32 Å². The highest BCUT2D eigenvalue weighted by Gasteiger charge is 2.31. The minimum absolute atomic E-state index is 0.00955. The van der Waals surface area contributed by atoms with Crippen LogP contribution in [-0.4, -0.2) is 64.0 Å². The fraction of sp³-hybridized carbons (Fsp3) is 0.667. The van der Waals surface area contributed by atoms with Gasteiger partial charge in [-0.3, -0.25) is 9.79 Å². The SMILES string of the molecule is C[C@H]1CN=C(N2CCN(C(=O)c3cc(C4CC4)on3)CC2)S1. The number of amides is 1. The lowest BCUT2D eigenvalue weighted by Gasteiger charge is -2.35. The van der Waals surface area contributed by atoms with Gasteiger partial charge in [0.15, 0.2) is 10.9 Å². The summed E-state index contributed by atoms with van der Waals surface area (Å²) >= 11 is 1.84. The first kappa shape index (κ1) is 14.1. The third-order valence-electron chi connectivity index (χ3n) is 4.35. The molecule has 1 aliphatic carbocycles. The molecule has 4 rings (SSSR count). The minimum Gasteiger partial charge on any atom is -0.360 e. The van der Waals surface area contributed by atoms with E-state index < -0.39 is 0 Å². The number of amidine groups is 1. The Morgan fingerprint density at radius 2 is 2.09 bits per heavy atom. The highest BCUT2D eigenvalue weighted by molar-refractivity contribution is 8.14. The molecule has 1 atom stereocenters. The number of carbonyl (C=O) groups is 1. The van der Waals surface area contributed by atoms with Crippen molar-refractivity contribution in [3.8, 4) is 0 Å². The van der Waals surface area contributed by atoms with Crippen LogP contribution < -0.4 is 0 Å². The summed E-state index contributed by atoms with van der Waals surface area (Å²) in [5.74, 6) is 1.35. The second-order valence-electron chi connectivity index (χ2n) is 6.22. The molecule has 2 fully saturated rings. The van der Waals surface area contributed by atoms with Crippen LogP contribution in [0.15, 0.2) is 15.6 Å². The zero-order valence-electron chi connectivity index (χ0n) is 12.7. The summed E-state index contributed by atoms with van der Waals surface area (Å²) in [5.41, 5.74) is 0.455. The molecule has 0 bridgehead atoms. The molecular weight excluding hydrogens is 300 g/mol. The molecule has 0 spiro atoms. The summed E-state index contributed by atoms with van der Waals surface area (Å²) in [6.45, 7) is 6.23. The molecule has 2 aliphatic heterocycles. The number of aliphatic imine (C=N–C) groups is 1. The maximum Gasteiger partial charge on any atom is 0.276 e. The molecule has 1 aromatic rings. The molecule has 0 aromatic carbocycles. The second kappa shape index (κ2) is 5.61. The fourth-order valence-electron chi connectivity index (χ4n) is 2.85. The Morgan fingerprint density at radius 1 is 1.32 bits per heavy atom. The van der Waals surface area contributed by atoms with Gasteiger partial charge in [0.05, 0.1) is 6.54 Å². The van der Waals surface area contributed by atoms with E-state index in [9.17, 15) is 4.79 Å². The van der Waals surface area contributed by atoms with Crippen LogP contribution in [0.4, 0.5) is 0 Å². The first-order valence-corrected chi connectivity index (χ1v) is 8.80. The van der Waals surface area contributed by atoms with Gasteiger partial charge < -0.3 is 14.3 Å². The first-order chi connectivity index (χ1) is 10.7. The Kier molecular flexibility index (Phi) is 3.60. The van der Waals surface area contributed by atoms with Gasteiger partial charge in [0.25, 0.3) is 5.91 Å². The summed E-state index contributed by atoms with van der Waals surface area (Å²) in [4.78, 5) is 21.2. The molecule has 0 N–H and O–H groups in total. The number of carbonyl (C=O) groups excluding carboxylic acids is 1. The predicted octanol–water partition coefficient (Wildman–Crippen LogP) is 1.80. The van der Waals surface area contributed by atoms with Gasteiger partial charge in [-0.1, -0.05) is 23.8 Å². The number of hydrogen-bond donors (Lipinski definition) is 0. The number of aromatic nitrogens is 1. The molecule has 1 amide bonds. The van der Waals surface area contributed by atoms with Crippen molar-refractivity contribution in [1.82, 2.24) is 15.0 Å². The fourth-order valence-corrected chi connectivity index (χ4v) is 3.84. The van der Waals surface area contributed by atoms with Crippen LogP contribution in [0.1, 0.15) is 41.9 Å². The van der Waals surface area contributed by atoms with Gasteiger partial charge in [0.2, 0.25) is 0 Å². The molecule has 22 heavy (non-hydrogen) atoms. The number of hydrogen-bond acceptors (Lipinski definition) is 6. The molecule has 6 nitrogen and oxygen atoms in total. The third-order valence-corrected chi connectivity index (χ3v) is 5.50. The van der Waals surface area contributed by atoms with E-state index in [1.54, 1.807) is 0 Å². The topological polar surface area (TPSA) is 61.9 Å². The average molecular weight is 320 g/mol. The Bertz CT molecular complexity index is 602. The minimum atomic E-state index is -0.00955. The van der Waals surface area contributed by atoms with Crippen molar-refractivity contribution in [2.45, 2.75) is 30.9 Å². The smallest absolute Gasteiger partial charge is 0.276 e. The molecule has 3 heterocycles. The van der Waals surface area contributed by atoms with Crippen LogP contribution in [0.5, 0.6) is 0 Å². The van der Waals surface area contributed by atoms with Gasteiger partial charge >= 0.3 is 0 Å². The summed E-state index contributed by atoms with van der Waals surface area (Å²) in [5, 5.41) is 5.66. The van der Waals surface area contributed by atoms with Crippen LogP contribution in [-0.2, 0) is 0 Å². The van der Waals surface area contributed by atoms with Crippen LogP contribution in [0, 0.1) is 0 Å². The third kappa shape index (κ3) is 2.74. The Morgan fingerprint density at radius 3 is 2.73 bits per heavy atom. The van der Waals surface area contributed by atoms with E-state index in [-0.39, 0.29) is 5.91 Å². The lowest BCUT2D eigenvalue weighted by atomic mass is 10.2. The van der Waals surface area contributed by atoms with E-state index in [0.29, 0.717) is 16.9 Å². The van der Waals surface area contributed by atoms with E-state index in [4.69, 9.17) is 4.52 Å². The normalized spacial score (nSPS) is 25.5. The molecule has 0 unspecified atom stereocenters. The first-order valence-electron chi connectivity index (χ1n) is 7.92. The number of rotatable bonds is 2. The van der Waals surface area contributed by atoms with Gasteiger partial charge in [-0.05, 0) is 12.8 Å². The molecule has 0 radical (unpaired) electrons. The van der Waals surface area contributed by atoms with Gasteiger partial charge in [-0.25, -0.2) is 0 Å². The summed E-state index contributed by atoms with van der Waals surface area (Å²) in [7, 11) is 0. The standard InChI is InChI=1S/C15H20N4O2S/c1-10-9-16-15(22-10)19-6-4-18(5-7-19)14(20)12-8-13(21-17-12)11-2-3-11/h8,10-11H,2-7,9H2,1H3/t10-/m0/s1. The van der Waals surface area contributed by atoms with Crippen molar-refractivity contribution in [2.75, 3.05) is 32.7 Å². The molecule has 1 aromatic heterocycles. The van der Waals surface area contributed by atoms with E-state index in [1.165, 1.54) is 0 Å².